The molecule has 20 heavy (non-hydrogen) atoms. The van der Waals surface area contributed by atoms with E-state index < -0.39 is 5.41 Å². The molecule has 0 radical (unpaired) electrons. The van der Waals surface area contributed by atoms with Crippen molar-refractivity contribution in [1.29, 1.82) is 0 Å². The Bertz CT molecular complexity index is 458. The largest absolute Gasteiger partial charge is 0.381 e. The Kier molecular flexibility index (Phi) is 5.43. The van der Waals surface area contributed by atoms with Gasteiger partial charge in [0, 0.05) is 31.2 Å². The third-order valence-electron chi connectivity index (χ3n) is 3.94. The zero-order chi connectivity index (χ0) is 14.6. The van der Waals surface area contributed by atoms with Crippen LogP contribution in [0, 0.1) is 5.41 Å². The minimum Gasteiger partial charge on any atom is -0.381 e. The average molecular weight is 317 g/mol. The maximum atomic E-state index is 12.9. The third kappa shape index (κ3) is 3.34. The quantitative estimate of drug-likeness (QED) is 0.908. The molecule has 0 aromatic carbocycles. The number of carbonyl (C=O) groups excluding carboxylic acids is 1. The van der Waals surface area contributed by atoms with Gasteiger partial charge in [0.15, 0.2) is 0 Å². The van der Waals surface area contributed by atoms with Gasteiger partial charge in [0.2, 0.25) is 5.91 Å². The summed E-state index contributed by atoms with van der Waals surface area (Å²) in [7, 11) is 0. The minimum atomic E-state index is -0.449. The number of thiophene rings is 1. The first-order chi connectivity index (χ1) is 9.61. The van der Waals surface area contributed by atoms with Crippen molar-refractivity contribution < 1.29 is 9.53 Å². The Hall–Kier alpha value is -0.620. The highest BCUT2D eigenvalue weighted by Gasteiger charge is 2.41. The lowest BCUT2D eigenvalue weighted by Crippen LogP contribution is -2.50. The third-order valence-corrected chi connectivity index (χ3v) is 5.15. The first-order valence-corrected chi connectivity index (χ1v) is 8.12. The lowest BCUT2D eigenvalue weighted by Gasteiger charge is -2.38. The molecule has 0 aliphatic carbocycles. The van der Waals surface area contributed by atoms with Crippen molar-refractivity contribution in [3.8, 4) is 0 Å². The van der Waals surface area contributed by atoms with Crippen molar-refractivity contribution >= 4 is 28.8 Å². The van der Waals surface area contributed by atoms with Gasteiger partial charge in [-0.15, -0.1) is 11.3 Å². The number of nitrogens with zero attached hydrogens (tertiary/aromatic N) is 1. The summed E-state index contributed by atoms with van der Waals surface area (Å²) in [4.78, 5) is 15.8. The fourth-order valence-corrected chi connectivity index (χ4v) is 3.66. The van der Waals surface area contributed by atoms with Crippen LogP contribution in [0.5, 0.6) is 0 Å². The summed E-state index contributed by atoms with van der Waals surface area (Å²) in [5.41, 5.74) is 5.46. The Morgan fingerprint density at radius 3 is 2.70 bits per heavy atom. The highest BCUT2D eigenvalue weighted by atomic mass is 35.5. The van der Waals surface area contributed by atoms with Gasteiger partial charge in [-0.25, -0.2) is 0 Å². The summed E-state index contributed by atoms with van der Waals surface area (Å²) in [5.74, 6) is 0.148. The second-order valence-corrected chi connectivity index (χ2v) is 6.92. The lowest BCUT2D eigenvalue weighted by molar-refractivity contribution is -0.147. The maximum Gasteiger partial charge on any atom is 0.230 e. The second-order valence-electron chi connectivity index (χ2n) is 5.12. The summed E-state index contributed by atoms with van der Waals surface area (Å²) in [6, 6.07) is 3.84. The molecule has 0 saturated carbocycles. The number of ether oxygens (including phenoxy) is 1. The van der Waals surface area contributed by atoms with E-state index in [4.69, 9.17) is 22.1 Å². The van der Waals surface area contributed by atoms with Gasteiger partial charge in [0.25, 0.3) is 0 Å². The zero-order valence-electron chi connectivity index (χ0n) is 11.7. The van der Waals surface area contributed by atoms with E-state index in [1.54, 1.807) is 0 Å². The van der Waals surface area contributed by atoms with E-state index in [2.05, 4.69) is 0 Å². The van der Waals surface area contributed by atoms with Gasteiger partial charge < -0.3 is 15.4 Å². The van der Waals surface area contributed by atoms with Crippen LogP contribution < -0.4 is 5.73 Å². The van der Waals surface area contributed by atoms with E-state index in [0.717, 1.165) is 9.21 Å². The molecule has 0 spiro atoms. The highest BCUT2D eigenvalue weighted by molar-refractivity contribution is 7.16. The Morgan fingerprint density at radius 2 is 2.20 bits per heavy atom. The van der Waals surface area contributed by atoms with Crippen LogP contribution >= 0.6 is 22.9 Å². The van der Waals surface area contributed by atoms with Crippen LogP contribution in [0.3, 0.4) is 0 Å². The predicted molar refractivity (Wildman–Crippen MR) is 82.0 cm³/mol. The van der Waals surface area contributed by atoms with E-state index in [1.165, 1.54) is 11.3 Å². The predicted octanol–water partition coefficient (Wildman–Crippen LogP) is 2.51. The van der Waals surface area contributed by atoms with Crippen molar-refractivity contribution in [3.63, 3.8) is 0 Å². The minimum absolute atomic E-state index is 0.148. The molecule has 1 aliphatic rings. The Morgan fingerprint density at radius 1 is 1.50 bits per heavy atom. The molecule has 0 atom stereocenters. The molecule has 6 heteroatoms. The molecular formula is C14H21ClN2O2S. The number of rotatable bonds is 5. The van der Waals surface area contributed by atoms with Gasteiger partial charge in [0.05, 0.1) is 16.3 Å². The van der Waals surface area contributed by atoms with E-state index in [1.807, 2.05) is 24.0 Å². The molecule has 0 unspecified atom stereocenters. The Labute approximate surface area is 128 Å². The first kappa shape index (κ1) is 15.8. The molecule has 1 aromatic heterocycles. The number of carbonyl (C=O) groups is 1. The summed E-state index contributed by atoms with van der Waals surface area (Å²) >= 11 is 7.47. The molecular weight excluding hydrogens is 296 g/mol. The summed E-state index contributed by atoms with van der Waals surface area (Å²) in [5, 5.41) is 0. The molecule has 1 aromatic rings. The van der Waals surface area contributed by atoms with Gasteiger partial charge >= 0.3 is 0 Å². The van der Waals surface area contributed by atoms with Crippen molar-refractivity contribution in [2.24, 2.45) is 11.1 Å². The first-order valence-electron chi connectivity index (χ1n) is 6.93. The zero-order valence-corrected chi connectivity index (χ0v) is 13.3. The normalized spacial score (nSPS) is 17.9. The van der Waals surface area contributed by atoms with Crippen LogP contribution in [0.25, 0.3) is 0 Å². The number of hydrogen-bond donors (Lipinski definition) is 1. The molecule has 2 N–H and O–H groups in total. The summed E-state index contributed by atoms with van der Waals surface area (Å²) in [6.07, 6.45) is 1.42. The highest BCUT2D eigenvalue weighted by Crippen LogP contribution is 2.33. The molecule has 0 bridgehead atoms. The smallest absolute Gasteiger partial charge is 0.230 e. The number of amides is 1. The molecule has 1 amide bonds. The topological polar surface area (TPSA) is 55.6 Å². The fraction of sp³-hybridized carbons (Fsp3) is 0.643. The van der Waals surface area contributed by atoms with Crippen molar-refractivity contribution in [2.45, 2.75) is 26.3 Å². The number of halogens is 1. The van der Waals surface area contributed by atoms with Crippen LogP contribution in [0.2, 0.25) is 4.34 Å². The van der Waals surface area contributed by atoms with Crippen LogP contribution in [0.4, 0.5) is 0 Å². The van der Waals surface area contributed by atoms with Gasteiger partial charge in [-0.1, -0.05) is 11.6 Å². The SMILES string of the molecule is CCN(Cc1ccc(Cl)s1)C(=O)C1(CN)CCOCC1. The molecule has 1 aliphatic heterocycles. The van der Waals surface area contributed by atoms with E-state index in [-0.39, 0.29) is 5.91 Å². The number of hydrogen-bond acceptors (Lipinski definition) is 4. The van der Waals surface area contributed by atoms with E-state index >= 15 is 0 Å². The summed E-state index contributed by atoms with van der Waals surface area (Å²) in [6.45, 7) is 4.90. The van der Waals surface area contributed by atoms with Crippen molar-refractivity contribution in [1.82, 2.24) is 4.90 Å². The average Bonchev–Trinajstić information content (AvgIpc) is 2.90. The second kappa shape index (κ2) is 6.89. The molecule has 1 saturated heterocycles. The van der Waals surface area contributed by atoms with Crippen molar-refractivity contribution in [2.75, 3.05) is 26.3 Å². The standard InChI is InChI=1S/C14H21ClN2O2S/c1-2-17(9-11-3-4-12(15)20-11)13(18)14(10-16)5-7-19-8-6-14/h3-4H,2,5-10,16H2,1H3. The van der Waals surface area contributed by atoms with E-state index in [0.29, 0.717) is 45.7 Å². The molecule has 4 nitrogen and oxygen atoms in total. The van der Waals surface area contributed by atoms with Gasteiger partial charge in [-0.3, -0.25) is 4.79 Å². The fourth-order valence-electron chi connectivity index (χ4n) is 2.55. The molecule has 2 heterocycles. The van der Waals surface area contributed by atoms with Crippen LogP contribution in [-0.2, 0) is 16.1 Å². The van der Waals surface area contributed by atoms with Gasteiger partial charge in [0.1, 0.15) is 0 Å². The van der Waals surface area contributed by atoms with Gasteiger partial charge in [-0.2, -0.15) is 0 Å². The maximum absolute atomic E-state index is 12.9. The van der Waals surface area contributed by atoms with E-state index in [9.17, 15) is 4.79 Å². The summed E-state index contributed by atoms with van der Waals surface area (Å²) < 4.78 is 6.12. The number of nitrogens with two attached hydrogens (primary N) is 1. The van der Waals surface area contributed by atoms with Gasteiger partial charge in [-0.05, 0) is 31.9 Å². The monoisotopic (exact) mass is 316 g/mol. The van der Waals surface area contributed by atoms with Crippen LogP contribution in [0.1, 0.15) is 24.6 Å². The lowest BCUT2D eigenvalue weighted by atomic mass is 9.79. The Balaban J connectivity index is 2.11. The van der Waals surface area contributed by atoms with Crippen LogP contribution in [0.15, 0.2) is 12.1 Å². The molecule has 2 rings (SSSR count). The molecule has 112 valence electrons. The van der Waals surface area contributed by atoms with Crippen molar-refractivity contribution in [3.05, 3.63) is 21.3 Å². The molecule has 1 fully saturated rings. The van der Waals surface area contributed by atoms with Crippen LogP contribution in [-0.4, -0.2) is 37.1 Å².